The molecule has 1 unspecified atom stereocenters. The molecule has 6 heteroatoms. The molecule has 5 nitrogen and oxygen atoms in total. The van der Waals surface area contributed by atoms with Gasteiger partial charge < -0.3 is 9.32 Å². The molecule has 1 aliphatic rings. The van der Waals surface area contributed by atoms with Crippen molar-refractivity contribution in [1.82, 2.24) is 14.9 Å². The Kier molecular flexibility index (Phi) is 5.19. The van der Waals surface area contributed by atoms with Gasteiger partial charge in [0.15, 0.2) is 0 Å². The smallest absolute Gasteiger partial charge is 0.273 e. The van der Waals surface area contributed by atoms with E-state index in [2.05, 4.69) is 9.97 Å². The first-order chi connectivity index (χ1) is 13.6. The molecule has 3 heterocycles. The van der Waals surface area contributed by atoms with Crippen molar-refractivity contribution < 1.29 is 13.6 Å². The largest absolute Gasteiger partial charge is 0.443 e. The van der Waals surface area contributed by atoms with Crippen molar-refractivity contribution in [3.63, 3.8) is 0 Å². The first kappa shape index (κ1) is 18.3. The highest BCUT2D eigenvalue weighted by Gasteiger charge is 2.32. The van der Waals surface area contributed by atoms with Crippen LogP contribution in [0.1, 0.15) is 58.7 Å². The van der Waals surface area contributed by atoms with E-state index in [-0.39, 0.29) is 17.8 Å². The highest BCUT2D eigenvalue weighted by Crippen LogP contribution is 2.32. The van der Waals surface area contributed by atoms with Crippen molar-refractivity contribution in [2.24, 2.45) is 0 Å². The number of amides is 1. The van der Waals surface area contributed by atoms with E-state index < -0.39 is 0 Å². The first-order valence-electron chi connectivity index (χ1n) is 9.54. The van der Waals surface area contributed by atoms with Crippen LogP contribution in [-0.2, 0) is 6.42 Å². The number of benzene rings is 1. The molecule has 0 radical (unpaired) electrons. The lowest BCUT2D eigenvalue weighted by Gasteiger charge is -2.33. The molecule has 2 aromatic heterocycles. The maximum absolute atomic E-state index is 13.4. The van der Waals surface area contributed by atoms with Crippen molar-refractivity contribution in [2.45, 2.75) is 38.6 Å². The fourth-order valence-corrected chi connectivity index (χ4v) is 3.65. The Morgan fingerprint density at radius 3 is 2.93 bits per heavy atom. The monoisotopic (exact) mass is 379 g/mol. The first-order valence-corrected chi connectivity index (χ1v) is 9.54. The van der Waals surface area contributed by atoms with Crippen LogP contribution in [0, 0.1) is 12.7 Å². The molecule has 4 rings (SSSR count). The zero-order valence-electron chi connectivity index (χ0n) is 15.8. The number of nitrogens with zero attached hydrogens (tertiary/aromatic N) is 3. The van der Waals surface area contributed by atoms with Gasteiger partial charge in [0.2, 0.25) is 5.89 Å². The maximum atomic E-state index is 13.4. The molecule has 28 heavy (non-hydrogen) atoms. The van der Waals surface area contributed by atoms with Crippen LogP contribution in [0.5, 0.6) is 0 Å². The fraction of sp³-hybridized carbons (Fsp3) is 0.318. The molecule has 1 aliphatic heterocycles. The predicted molar refractivity (Wildman–Crippen MR) is 102 cm³/mol. The molecule has 1 amide bonds. The van der Waals surface area contributed by atoms with Crippen LogP contribution in [0.25, 0.3) is 0 Å². The highest BCUT2D eigenvalue weighted by molar-refractivity contribution is 5.92. The van der Waals surface area contributed by atoms with Gasteiger partial charge >= 0.3 is 0 Å². The van der Waals surface area contributed by atoms with Crippen molar-refractivity contribution >= 4 is 5.91 Å². The summed E-state index contributed by atoms with van der Waals surface area (Å²) >= 11 is 0. The van der Waals surface area contributed by atoms with Crippen LogP contribution in [0.3, 0.4) is 0 Å². The molecule has 0 N–H and O–H groups in total. The number of hydrogen-bond acceptors (Lipinski definition) is 4. The van der Waals surface area contributed by atoms with Gasteiger partial charge in [-0.15, -0.1) is 0 Å². The van der Waals surface area contributed by atoms with Crippen LogP contribution >= 0.6 is 0 Å². The second-order valence-corrected chi connectivity index (χ2v) is 7.15. The van der Waals surface area contributed by atoms with Crippen molar-refractivity contribution in [3.8, 4) is 0 Å². The summed E-state index contributed by atoms with van der Waals surface area (Å²) in [6.07, 6.45) is 4.90. The number of likely N-dealkylation sites (tertiary alicyclic amines) is 1. The molecular formula is C22H22FN3O2. The number of pyridine rings is 1. The van der Waals surface area contributed by atoms with Crippen LogP contribution in [-0.4, -0.2) is 27.3 Å². The van der Waals surface area contributed by atoms with Gasteiger partial charge in [-0.3, -0.25) is 4.79 Å². The second kappa shape index (κ2) is 7.92. The van der Waals surface area contributed by atoms with Gasteiger partial charge in [-0.25, -0.2) is 14.4 Å². The Labute approximate surface area is 163 Å². The van der Waals surface area contributed by atoms with Gasteiger partial charge in [-0.05, 0) is 56.0 Å². The summed E-state index contributed by atoms with van der Waals surface area (Å²) in [5.41, 5.74) is 2.08. The fourth-order valence-electron chi connectivity index (χ4n) is 3.65. The normalized spacial score (nSPS) is 16.9. The lowest BCUT2D eigenvalue weighted by Crippen LogP contribution is -2.39. The standard InChI is InChI=1S/C22H22FN3O2/c1-15-6-4-9-19(25-15)22(27)26-11-3-2-10-20(26)21-24-14-18(28-21)13-16-7-5-8-17(23)12-16/h4-9,12,14,20H,2-3,10-11,13H2,1H3. The predicted octanol–water partition coefficient (Wildman–Crippen LogP) is 4.48. The Morgan fingerprint density at radius 2 is 2.11 bits per heavy atom. The van der Waals surface area contributed by atoms with E-state index in [1.54, 1.807) is 18.3 Å². The van der Waals surface area contributed by atoms with Gasteiger partial charge in [-0.1, -0.05) is 18.2 Å². The number of oxazole rings is 1. The minimum atomic E-state index is -0.271. The summed E-state index contributed by atoms with van der Waals surface area (Å²) in [5.74, 6) is 0.824. The van der Waals surface area contributed by atoms with E-state index in [4.69, 9.17) is 4.42 Å². The van der Waals surface area contributed by atoms with Crippen LogP contribution in [0.2, 0.25) is 0 Å². The summed E-state index contributed by atoms with van der Waals surface area (Å²) in [6, 6.07) is 11.7. The SMILES string of the molecule is Cc1cccc(C(=O)N2CCCCC2c2ncc(Cc3cccc(F)c3)o2)n1. The third kappa shape index (κ3) is 3.96. The summed E-state index contributed by atoms with van der Waals surface area (Å²) in [7, 11) is 0. The van der Waals surface area contributed by atoms with Crippen LogP contribution in [0.4, 0.5) is 4.39 Å². The lowest BCUT2D eigenvalue weighted by atomic mass is 10.0. The number of hydrogen-bond donors (Lipinski definition) is 0. The summed E-state index contributed by atoms with van der Waals surface area (Å²) < 4.78 is 19.4. The van der Waals surface area contributed by atoms with Gasteiger partial charge in [0.25, 0.3) is 5.91 Å². The molecule has 1 aromatic carbocycles. The Bertz CT molecular complexity index is 985. The Hall–Kier alpha value is -3.02. The molecule has 1 atom stereocenters. The highest BCUT2D eigenvalue weighted by atomic mass is 19.1. The second-order valence-electron chi connectivity index (χ2n) is 7.15. The van der Waals surface area contributed by atoms with Gasteiger partial charge in [0, 0.05) is 18.7 Å². The van der Waals surface area contributed by atoms with Crippen molar-refractivity contribution in [2.75, 3.05) is 6.54 Å². The number of aromatic nitrogens is 2. The number of rotatable bonds is 4. The maximum Gasteiger partial charge on any atom is 0.273 e. The molecule has 0 saturated carbocycles. The van der Waals surface area contributed by atoms with Crippen LogP contribution in [0.15, 0.2) is 53.1 Å². The minimum Gasteiger partial charge on any atom is -0.443 e. The van der Waals surface area contributed by atoms with E-state index in [1.165, 1.54) is 12.1 Å². The van der Waals surface area contributed by atoms with Crippen molar-refractivity contribution in [1.29, 1.82) is 0 Å². The molecule has 1 fully saturated rings. The van der Waals surface area contributed by atoms with Gasteiger partial charge in [-0.2, -0.15) is 0 Å². The number of aryl methyl sites for hydroxylation is 1. The van der Waals surface area contributed by atoms with Gasteiger partial charge in [0.05, 0.1) is 6.20 Å². The van der Waals surface area contributed by atoms with Crippen molar-refractivity contribution in [3.05, 3.63) is 83.1 Å². The van der Waals surface area contributed by atoms with E-state index in [1.807, 2.05) is 30.0 Å². The molecule has 0 bridgehead atoms. The zero-order valence-corrected chi connectivity index (χ0v) is 15.8. The molecular weight excluding hydrogens is 357 g/mol. The van der Waals surface area contributed by atoms with E-state index in [9.17, 15) is 9.18 Å². The average Bonchev–Trinajstić information content (AvgIpc) is 3.16. The third-order valence-corrected chi connectivity index (χ3v) is 4.99. The van der Waals surface area contributed by atoms with Gasteiger partial charge in [0.1, 0.15) is 23.3 Å². The number of carbonyl (C=O) groups excluding carboxylic acids is 1. The molecule has 144 valence electrons. The number of halogens is 1. The topological polar surface area (TPSA) is 59.2 Å². The van der Waals surface area contributed by atoms with Crippen LogP contribution < -0.4 is 0 Å². The quantitative estimate of drug-likeness (QED) is 0.671. The third-order valence-electron chi connectivity index (χ3n) is 4.99. The minimum absolute atomic E-state index is 0.0988. The van der Waals surface area contributed by atoms with E-state index in [0.717, 1.165) is 30.5 Å². The summed E-state index contributed by atoms with van der Waals surface area (Å²) in [6.45, 7) is 2.53. The van der Waals surface area contributed by atoms with E-state index >= 15 is 0 Å². The molecule has 0 spiro atoms. The van der Waals surface area contributed by atoms with E-state index in [0.29, 0.717) is 30.3 Å². The summed E-state index contributed by atoms with van der Waals surface area (Å²) in [4.78, 5) is 23.6. The summed E-state index contributed by atoms with van der Waals surface area (Å²) in [5, 5.41) is 0. The Balaban J connectivity index is 1.55. The average molecular weight is 379 g/mol. The lowest BCUT2D eigenvalue weighted by molar-refractivity contribution is 0.0563. The zero-order chi connectivity index (χ0) is 19.5. The number of carbonyl (C=O) groups is 1. The molecule has 3 aromatic rings. The number of piperidine rings is 1. The Morgan fingerprint density at radius 1 is 1.25 bits per heavy atom. The molecule has 1 saturated heterocycles. The molecule has 0 aliphatic carbocycles.